The van der Waals surface area contributed by atoms with Gasteiger partial charge in [-0.05, 0) is 31.2 Å². The molecule has 0 aliphatic rings. The Bertz CT molecular complexity index is 404. The summed E-state index contributed by atoms with van der Waals surface area (Å²) in [6.45, 7) is 1.14. The number of hydrogen-bond acceptors (Lipinski definition) is 3. The van der Waals surface area contributed by atoms with E-state index in [2.05, 4.69) is 5.32 Å². The summed E-state index contributed by atoms with van der Waals surface area (Å²) in [6.07, 6.45) is 0. The highest BCUT2D eigenvalue weighted by molar-refractivity contribution is 6.30. The molecule has 1 amide bonds. The van der Waals surface area contributed by atoms with Crippen LogP contribution in [0.3, 0.4) is 0 Å². The lowest BCUT2D eigenvalue weighted by Crippen LogP contribution is -2.40. The number of carboxylic acids is 1. The van der Waals surface area contributed by atoms with Crippen LogP contribution in [0.25, 0.3) is 0 Å². The van der Waals surface area contributed by atoms with Crippen LogP contribution in [0.1, 0.15) is 6.92 Å². The summed E-state index contributed by atoms with van der Waals surface area (Å²) in [6, 6.07) is 5.58. The average molecular weight is 258 g/mol. The molecule has 0 spiro atoms. The Balaban J connectivity index is 2.38. The molecule has 5 nitrogen and oxygen atoms in total. The topological polar surface area (TPSA) is 75.6 Å². The molecule has 1 rings (SSSR count). The van der Waals surface area contributed by atoms with Crippen molar-refractivity contribution < 1.29 is 19.4 Å². The first kappa shape index (κ1) is 13.3. The summed E-state index contributed by atoms with van der Waals surface area (Å²) < 4.78 is 5.14. The smallest absolute Gasteiger partial charge is 0.325 e. The lowest BCUT2D eigenvalue weighted by atomic mass is 10.3. The van der Waals surface area contributed by atoms with Gasteiger partial charge in [-0.2, -0.15) is 0 Å². The molecule has 2 N–H and O–H groups in total. The number of ether oxygens (including phenoxy) is 1. The number of rotatable bonds is 5. The van der Waals surface area contributed by atoms with Crippen molar-refractivity contribution in [1.82, 2.24) is 5.32 Å². The van der Waals surface area contributed by atoms with Gasteiger partial charge in [-0.3, -0.25) is 9.59 Å². The monoisotopic (exact) mass is 257 g/mol. The Hall–Kier alpha value is -1.75. The fraction of sp³-hybridized carbons (Fsp3) is 0.273. The minimum absolute atomic E-state index is 0.237. The predicted molar refractivity (Wildman–Crippen MR) is 62.2 cm³/mol. The molecule has 0 fully saturated rings. The number of amides is 1. The molecule has 0 radical (unpaired) electrons. The molecular weight excluding hydrogens is 246 g/mol. The molecule has 0 saturated carbocycles. The second kappa shape index (κ2) is 6.10. The summed E-state index contributed by atoms with van der Waals surface area (Å²) in [5.74, 6) is -1.09. The van der Waals surface area contributed by atoms with Gasteiger partial charge in [0.1, 0.15) is 11.8 Å². The normalized spacial score (nSPS) is 11.6. The minimum atomic E-state index is -1.09. The Morgan fingerprint density at radius 3 is 2.53 bits per heavy atom. The maximum absolute atomic E-state index is 11.3. The Labute approximate surface area is 103 Å². The van der Waals surface area contributed by atoms with Crippen LogP contribution in [0.15, 0.2) is 24.3 Å². The molecule has 6 heteroatoms. The van der Waals surface area contributed by atoms with Crippen LogP contribution in [-0.4, -0.2) is 29.6 Å². The number of carboxylic acid groups (broad SMARTS) is 1. The summed E-state index contributed by atoms with van der Waals surface area (Å²) >= 11 is 5.68. The fourth-order valence-corrected chi connectivity index (χ4v) is 1.15. The first-order valence-corrected chi connectivity index (χ1v) is 5.27. The number of nitrogens with one attached hydrogen (secondary N) is 1. The molecule has 0 aromatic heterocycles. The van der Waals surface area contributed by atoms with E-state index in [1.807, 2.05) is 0 Å². The minimum Gasteiger partial charge on any atom is -0.484 e. The van der Waals surface area contributed by atoms with Gasteiger partial charge in [0.15, 0.2) is 6.61 Å². The van der Waals surface area contributed by atoms with Crippen LogP contribution in [0.5, 0.6) is 5.75 Å². The van der Waals surface area contributed by atoms with Gasteiger partial charge in [-0.1, -0.05) is 11.6 Å². The van der Waals surface area contributed by atoms with Gasteiger partial charge in [0.2, 0.25) is 0 Å². The zero-order valence-electron chi connectivity index (χ0n) is 9.14. The van der Waals surface area contributed by atoms with Gasteiger partial charge in [-0.15, -0.1) is 0 Å². The Morgan fingerprint density at radius 2 is 2.00 bits per heavy atom. The molecular formula is C11H12ClNO4. The van der Waals surface area contributed by atoms with E-state index < -0.39 is 17.9 Å². The van der Waals surface area contributed by atoms with E-state index in [-0.39, 0.29) is 6.61 Å². The van der Waals surface area contributed by atoms with E-state index in [0.717, 1.165) is 0 Å². The number of benzene rings is 1. The van der Waals surface area contributed by atoms with Crippen molar-refractivity contribution in [2.45, 2.75) is 13.0 Å². The van der Waals surface area contributed by atoms with E-state index in [9.17, 15) is 9.59 Å². The second-order valence-corrected chi connectivity index (χ2v) is 3.81. The van der Waals surface area contributed by atoms with Gasteiger partial charge in [0.25, 0.3) is 5.91 Å². The molecule has 0 aliphatic carbocycles. The van der Waals surface area contributed by atoms with Crippen molar-refractivity contribution in [3.05, 3.63) is 29.3 Å². The maximum Gasteiger partial charge on any atom is 0.325 e. The largest absolute Gasteiger partial charge is 0.484 e. The highest BCUT2D eigenvalue weighted by Gasteiger charge is 2.13. The second-order valence-electron chi connectivity index (χ2n) is 3.37. The lowest BCUT2D eigenvalue weighted by molar-refractivity contribution is -0.141. The fourth-order valence-electron chi connectivity index (χ4n) is 1.02. The number of hydrogen-bond donors (Lipinski definition) is 2. The quantitative estimate of drug-likeness (QED) is 0.834. The third-order valence-electron chi connectivity index (χ3n) is 1.93. The van der Waals surface area contributed by atoms with Crippen LogP contribution >= 0.6 is 11.6 Å². The van der Waals surface area contributed by atoms with Crippen molar-refractivity contribution in [2.24, 2.45) is 0 Å². The summed E-state index contributed by atoms with van der Waals surface area (Å²) in [5, 5.41) is 11.4. The third-order valence-corrected chi connectivity index (χ3v) is 2.18. The van der Waals surface area contributed by atoms with E-state index >= 15 is 0 Å². The Kier molecular flexibility index (Phi) is 4.78. The first-order valence-electron chi connectivity index (χ1n) is 4.89. The van der Waals surface area contributed by atoms with Crippen LogP contribution in [0, 0.1) is 0 Å². The number of carbonyl (C=O) groups is 2. The van der Waals surface area contributed by atoms with Gasteiger partial charge in [0, 0.05) is 5.02 Å². The van der Waals surface area contributed by atoms with E-state index in [0.29, 0.717) is 10.8 Å². The molecule has 0 aliphatic heterocycles. The molecule has 1 atom stereocenters. The first-order chi connectivity index (χ1) is 7.99. The number of halogens is 1. The molecule has 1 aromatic rings. The number of carbonyl (C=O) groups excluding carboxylic acids is 1. The molecule has 0 bridgehead atoms. The highest BCUT2D eigenvalue weighted by atomic mass is 35.5. The van der Waals surface area contributed by atoms with Gasteiger partial charge >= 0.3 is 5.97 Å². The van der Waals surface area contributed by atoms with Crippen molar-refractivity contribution >= 4 is 23.5 Å². The standard InChI is InChI=1S/C11H12ClNO4/c1-7(11(15)16)13-10(14)6-17-9-4-2-8(12)3-5-9/h2-5,7H,6H2,1H3,(H,13,14)(H,15,16)/t7-/m0/s1. The zero-order valence-corrected chi connectivity index (χ0v) is 9.90. The molecule has 1 aromatic carbocycles. The van der Waals surface area contributed by atoms with Crippen LogP contribution in [0.2, 0.25) is 5.02 Å². The summed E-state index contributed by atoms with van der Waals surface area (Å²) in [5.41, 5.74) is 0. The van der Waals surface area contributed by atoms with E-state index in [1.54, 1.807) is 24.3 Å². The average Bonchev–Trinajstić information content (AvgIpc) is 2.28. The van der Waals surface area contributed by atoms with Gasteiger partial charge in [-0.25, -0.2) is 0 Å². The highest BCUT2D eigenvalue weighted by Crippen LogP contribution is 2.15. The molecule has 17 heavy (non-hydrogen) atoms. The van der Waals surface area contributed by atoms with Crippen molar-refractivity contribution in [2.75, 3.05) is 6.61 Å². The van der Waals surface area contributed by atoms with Crippen LogP contribution in [0.4, 0.5) is 0 Å². The SMILES string of the molecule is C[C@H](NC(=O)COc1ccc(Cl)cc1)C(=O)O. The van der Waals surface area contributed by atoms with E-state index in [1.165, 1.54) is 6.92 Å². The third kappa shape index (κ3) is 4.74. The zero-order chi connectivity index (χ0) is 12.8. The molecule has 0 unspecified atom stereocenters. The van der Waals surface area contributed by atoms with Crippen molar-refractivity contribution in [3.8, 4) is 5.75 Å². The molecule has 92 valence electrons. The summed E-state index contributed by atoms with van der Waals surface area (Å²) in [4.78, 5) is 21.7. The van der Waals surface area contributed by atoms with Crippen LogP contribution < -0.4 is 10.1 Å². The van der Waals surface area contributed by atoms with Crippen molar-refractivity contribution in [1.29, 1.82) is 0 Å². The number of aliphatic carboxylic acids is 1. The van der Waals surface area contributed by atoms with E-state index in [4.69, 9.17) is 21.4 Å². The van der Waals surface area contributed by atoms with Crippen molar-refractivity contribution in [3.63, 3.8) is 0 Å². The van der Waals surface area contributed by atoms with Gasteiger partial charge < -0.3 is 15.2 Å². The lowest BCUT2D eigenvalue weighted by Gasteiger charge is -2.10. The Morgan fingerprint density at radius 1 is 1.41 bits per heavy atom. The summed E-state index contributed by atoms with van der Waals surface area (Å²) in [7, 11) is 0. The van der Waals surface area contributed by atoms with Crippen LogP contribution in [-0.2, 0) is 9.59 Å². The van der Waals surface area contributed by atoms with Gasteiger partial charge in [0.05, 0.1) is 0 Å². The predicted octanol–water partition coefficient (Wildman–Crippen LogP) is 1.31. The maximum atomic E-state index is 11.3. The molecule has 0 heterocycles. The molecule has 0 saturated heterocycles.